The van der Waals surface area contributed by atoms with Gasteiger partial charge in [-0.1, -0.05) is 11.6 Å². The predicted molar refractivity (Wildman–Crippen MR) is 63.3 cm³/mol. The molecule has 0 spiro atoms. The van der Waals surface area contributed by atoms with E-state index in [-0.39, 0.29) is 5.56 Å². The third-order valence-electron chi connectivity index (χ3n) is 2.26. The van der Waals surface area contributed by atoms with Crippen LogP contribution in [-0.4, -0.2) is 31.9 Å². The van der Waals surface area contributed by atoms with Crippen LogP contribution in [0.3, 0.4) is 0 Å². The van der Waals surface area contributed by atoms with Gasteiger partial charge in [0.15, 0.2) is 5.78 Å². The van der Waals surface area contributed by atoms with Gasteiger partial charge in [0, 0.05) is 10.6 Å². The molecule has 6 heteroatoms. The highest BCUT2D eigenvalue weighted by Gasteiger charge is 2.36. The number of hydrogen-bond acceptors (Lipinski definition) is 5. The summed E-state index contributed by atoms with van der Waals surface area (Å²) < 4.78 is 8.83. The van der Waals surface area contributed by atoms with Gasteiger partial charge in [-0.05, 0) is 24.3 Å². The minimum atomic E-state index is -1.61. The van der Waals surface area contributed by atoms with Crippen molar-refractivity contribution in [3.63, 3.8) is 0 Å². The Balaban J connectivity index is 3.06. The molecule has 0 aliphatic rings. The van der Waals surface area contributed by atoms with E-state index in [0.717, 1.165) is 14.2 Å². The summed E-state index contributed by atoms with van der Waals surface area (Å²) >= 11 is 5.68. The van der Waals surface area contributed by atoms with Crippen molar-refractivity contribution in [1.82, 2.24) is 0 Å². The van der Waals surface area contributed by atoms with Crippen LogP contribution < -0.4 is 0 Å². The van der Waals surface area contributed by atoms with Crippen molar-refractivity contribution in [2.75, 3.05) is 14.2 Å². The van der Waals surface area contributed by atoms with Gasteiger partial charge in [-0.3, -0.25) is 14.4 Å². The van der Waals surface area contributed by atoms with Crippen molar-refractivity contribution in [3.8, 4) is 0 Å². The summed E-state index contributed by atoms with van der Waals surface area (Å²) in [5, 5.41) is 0.444. The van der Waals surface area contributed by atoms with Crippen molar-refractivity contribution in [2.45, 2.75) is 0 Å². The van der Waals surface area contributed by atoms with Crippen LogP contribution in [0.5, 0.6) is 0 Å². The van der Waals surface area contributed by atoms with Gasteiger partial charge in [0.25, 0.3) is 0 Å². The first kappa shape index (κ1) is 14.2. The smallest absolute Gasteiger partial charge is 0.328 e. The SMILES string of the molecule is COC(=O)C(C(=O)OC)C(=O)c1ccc(Cl)cc1. The van der Waals surface area contributed by atoms with Crippen molar-refractivity contribution >= 4 is 29.3 Å². The lowest BCUT2D eigenvalue weighted by atomic mass is 9.98. The van der Waals surface area contributed by atoms with E-state index in [9.17, 15) is 14.4 Å². The van der Waals surface area contributed by atoms with Crippen LogP contribution in [0.1, 0.15) is 10.4 Å². The molecule has 0 fully saturated rings. The van der Waals surface area contributed by atoms with Crippen LogP contribution in [-0.2, 0) is 19.1 Å². The largest absolute Gasteiger partial charge is 0.468 e. The second-order valence-electron chi connectivity index (χ2n) is 3.35. The maximum absolute atomic E-state index is 12.0. The second-order valence-corrected chi connectivity index (χ2v) is 3.79. The molecule has 0 unspecified atom stereocenters. The lowest BCUT2D eigenvalue weighted by Gasteiger charge is -2.11. The van der Waals surface area contributed by atoms with Gasteiger partial charge in [0.2, 0.25) is 5.92 Å². The van der Waals surface area contributed by atoms with Crippen LogP contribution in [0, 0.1) is 5.92 Å². The molecule has 0 bridgehead atoms. The molecule has 1 aromatic carbocycles. The summed E-state index contributed by atoms with van der Waals surface area (Å²) in [4.78, 5) is 34.9. The molecule has 0 atom stereocenters. The number of carbonyl (C=O) groups excluding carboxylic acids is 3. The molecule has 0 heterocycles. The maximum atomic E-state index is 12.0. The normalized spacial score (nSPS) is 10.0. The van der Waals surface area contributed by atoms with Gasteiger partial charge in [-0.2, -0.15) is 0 Å². The Morgan fingerprint density at radius 3 is 1.83 bits per heavy atom. The zero-order valence-corrected chi connectivity index (χ0v) is 10.6. The topological polar surface area (TPSA) is 69.7 Å². The van der Waals surface area contributed by atoms with Crippen molar-refractivity contribution in [2.24, 2.45) is 5.92 Å². The van der Waals surface area contributed by atoms with E-state index >= 15 is 0 Å². The van der Waals surface area contributed by atoms with Crippen LogP contribution in [0.2, 0.25) is 5.02 Å². The fourth-order valence-corrected chi connectivity index (χ4v) is 1.45. The Morgan fingerprint density at radius 1 is 1.00 bits per heavy atom. The molecule has 0 aliphatic heterocycles. The summed E-state index contributed by atoms with van der Waals surface area (Å²) in [6.45, 7) is 0. The van der Waals surface area contributed by atoms with Crippen molar-refractivity contribution in [3.05, 3.63) is 34.9 Å². The number of halogens is 1. The Kier molecular flexibility index (Phi) is 4.85. The van der Waals surface area contributed by atoms with E-state index in [1.165, 1.54) is 24.3 Å². The Hall–Kier alpha value is -1.88. The number of carbonyl (C=O) groups is 3. The van der Waals surface area contributed by atoms with E-state index < -0.39 is 23.6 Å². The molecule has 0 amide bonds. The van der Waals surface area contributed by atoms with Crippen LogP contribution >= 0.6 is 11.6 Å². The summed E-state index contributed by atoms with van der Waals surface area (Å²) in [6.07, 6.45) is 0. The summed E-state index contributed by atoms with van der Waals surface area (Å²) in [5.74, 6) is -4.21. The van der Waals surface area contributed by atoms with Crippen molar-refractivity contribution in [1.29, 1.82) is 0 Å². The van der Waals surface area contributed by atoms with Gasteiger partial charge in [0.1, 0.15) is 0 Å². The standard InChI is InChI=1S/C12H11ClO5/c1-17-11(15)9(12(16)18-2)10(14)7-3-5-8(13)6-4-7/h3-6,9H,1-2H3. The van der Waals surface area contributed by atoms with Gasteiger partial charge in [0.05, 0.1) is 14.2 Å². The Bertz CT molecular complexity index is 450. The Labute approximate surface area is 109 Å². The molecule has 0 aliphatic carbocycles. The quantitative estimate of drug-likeness (QED) is 0.471. The highest BCUT2D eigenvalue weighted by molar-refractivity contribution is 6.30. The minimum Gasteiger partial charge on any atom is -0.468 e. The number of ketones is 1. The zero-order valence-electron chi connectivity index (χ0n) is 9.81. The van der Waals surface area contributed by atoms with Crippen LogP contribution in [0.15, 0.2) is 24.3 Å². The molecule has 5 nitrogen and oxygen atoms in total. The highest BCUT2D eigenvalue weighted by atomic mass is 35.5. The molecule has 0 N–H and O–H groups in total. The number of benzene rings is 1. The molecule has 0 radical (unpaired) electrons. The van der Waals surface area contributed by atoms with Gasteiger partial charge >= 0.3 is 11.9 Å². The van der Waals surface area contributed by atoms with Gasteiger partial charge < -0.3 is 9.47 Å². The monoisotopic (exact) mass is 270 g/mol. The first-order valence-electron chi connectivity index (χ1n) is 4.96. The van der Waals surface area contributed by atoms with E-state index in [2.05, 4.69) is 9.47 Å². The second kappa shape index (κ2) is 6.16. The number of hydrogen-bond donors (Lipinski definition) is 0. The van der Waals surface area contributed by atoms with Crippen molar-refractivity contribution < 1.29 is 23.9 Å². The molecule has 1 aromatic rings. The predicted octanol–water partition coefficient (Wildman–Crippen LogP) is 1.48. The van der Waals surface area contributed by atoms with Crippen LogP contribution in [0.25, 0.3) is 0 Å². The van der Waals surface area contributed by atoms with E-state index in [1.54, 1.807) is 0 Å². The van der Waals surface area contributed by atoms with E-state index in [0.29, 0.717) is 5.02 Å². The molecular formula is C12H11ClO5. The average Bonchev–Trinajstić information content (AvgIpc) is 2.39. The number of rotatable bonds is 4. The molecule has 0 aromatic heterocycles. The molecular weight excluding hydrogens is 260 g/mol. The van der Waals surface area contributed by atoms with E-state index in [1.807, 2.05) is 0 Å². The third-order valence-corrected chi connectivity index (χ3v) is 2.52. The molecule has 96 valence electrons. The fraction of sp³-hybridized carbons (Fsp3) is 0.250. The van der Waals surface area contributed by atoms with Crippen LogP contribution in [0.4, 0.5) is 0 Å². The summed E-state index contributed by atoms with van der Waals surface area (Å²) in [7, 11) is 2.18. The lowest BCUT2D eigenvalue weighted by molar-refractivity contribution is -0.155. The number of esters is 2. The fourth-order valence-electron chi connectivity index (χ4n) is 1.33. The molecule has 18 heavy (non-hydrogen) atoms. The maximum Gasteiger partial charge on any atom is 0.328 e. The third kappa shape index (κ3) is 3.07. The number of methoxy groups -OCH3 is 2. The lowest BCUT2D eigenvalue weighted by Crippen LogP contribution is -2.33. The molecule has 0 saturated carbocycles. The first-order chi connectivity index (χ1) is 8.51. The van der Waals surface area contributed by atoms with E-state index in [4.69, 9.17) is 11.6 Å². The zero-order chi connectivity index (χ0) is 13.7. The molecule has 0 saturated heterocycles. The van der Waals surface area contributed by atoms with Gasteiger partial charge in [-0.15, -0.1) is 0 Å². The minimum absolute atomic E-state index is 0.181. The highest BCUT2D eigenvalue weighted by Crippen LogP contribution is 2.15. The Morgan fingerprint density at radius 2 is 1.44 bits per heavy atom. The number of Topliss-reactive ketones (excluding diaryl/α,β-unsaturated/α-hetero) is 1. The molecule has 1 rings (SSSR count). The first-order valence-corrected chi connectivity index (χ1v) is 5.34. The van der Waals surface area contributed by atoms with Gasteiger partial charge in [-0.25, -0.2) is 0 Å². The number of ether oxygens (including phenoxy) is 2. The summed E-state index contributed by atoms with van der Waals surface area (Å²) in [6, 6.07) is 5.81. The summed E-state index contributed by atoms with van der Waals surface area (Å²) in [5.41, 5.74) is 0.181. The average molecular weight is 271 g/mol.